The molecule has 2 aromatic heterocycles. The Morgan fingerprint density at radius 2 is 2.07 bits per heavy atom. The third-order valence-electron chi connectivity index (χ3n) is 4.53. The van der Waals surface area contributed by atoms with Crippen molar-refractivity contribution in [2.45, 2.75) is 18.0 Å². The van der Waals surface area contributed by atoms with E-state index in [4.69, 9.17) is 4.42 Å². The second kappa shape index (κ2) is 9.19. The highest BCUT2D eigenvalue weighted by molar-refractivity contribution is 7.98. The summed E-state index contributed by atoms with van der Waals surface area (Å²) in [5.41, 5.74) is 1.80. The van der Waals surface area contributed by atoms with Crippen LogP contribution < -0.4 is 5.32 Å². The van der Waals surface area contributed by atoms with Gasteiger partial charge in [-0.15, -0.1) is 11.8 Å². The van der Waals surface area contributed by atoms with E-state index in [1.807, 2.05) is 31.3 Å². The van der Waals surface area contributed by atoms with E-state index in [0.717, 1.165) is 5.56 Å². The van der Waals surface area contributed by atoms with E-state index in [1.54, 1.807) is 31.4 Å². The molecule has 0 fully saturated rings. The monoisotopic (exact) mass is 414 g/mol. The van der Waals surface area contributed by atoms with E-state index >= 15 is 0 Å². The first-order valence-electron chi connectivity index (χ1n) is 9.07. The van der Waals surface area contributed by atoms with E-state index in [2.05, 4.69) is 15.3 Å². The molecule has 3 rings (SSSR count). The minimum absolute atomic E-state index is 0.170. The summed E-state index contributed by atoms with van der Waals surface area (Å²) in [5, 5.41) is 3.53. The molecule has 1 unspecified atom stereocenters. The largest absolute Gasteiger partial charge is 0.461 e. The molecule has 1 N–H and O–H groups in total. The second-order valence-electron chi connectivity index (χ2n) is 6.74. The molecule has 1 aromatic carbocycles. The number of aryl methyl sites for hydroxylation is 1. The van der Waals surface area contributed by atoms with Crippen molar-refractivity contribution in [3.63, 3.8) is 0 Å². The van der Waals surface area contributed by atoms with Crippen LogP contribution in [0.5, 0.6) is 0 Å². The summed E-state index contributed by atoms with van der Waals surface area (Å²) in [6.07, 6.45) is 3.42. The predicted octanol–water partition coefficient (Wildman–Crippen LogP) is 3.94. The normalized spacial score (nSPS) is 12.2. The van der Waals surface area contributed by atoms with Gasteiger partial charge in [-0.05, 0) is 57.1 Å². The molecule has 0 spiro atoms. The standard InChI is InChI=1S/C21H23FN4O2S/c1-13-18(21(29-4)25-19(24-13)17-9-6-10-28-17)20(27)23-12-16(26(2)3)14-7-5-8-15(22)11-14/h5-11,16H,12H2,1-4H3,(H,23,27). The molecule has 0 aliphatic rings. The fourth-order valence-electron chi connectivity index (χ4n) is 3.06. The SMILES string of the molecule is CSc1nc(-c2ccco2)nc(C)c1C(=O)NCC(c1cccc(F)c1)N(C)C. The average Bonchev–Trinajstić information content (AvgIpc) is 3.22. The summed E-state index contributed by atoms with van der Waals surface area (Å²) in [5.74, 6) is 0.428. The van der Waals surface area contributed by atoms with Gasteiger partial charge in [-0.25, -0.2) is 14.4 Å². The third kappa shape index (κ3) is 4.83. The number of benzene rings is 1. The second-order valence-corrected chi connectivity index (χ2v) is 7.53. The van der Waals surface area contributed by atoms with Crippen molar-refractivity contribution in [2.75, 3.05) is 26.9 Å². The van der Waals surface area contributed by atoms with Crippen molar-refractivity contribution in [1.82, 2.24) is 20.2 Å². The first kappa shape index (κ1) is 21.0. The number of carbonyl (C=O) groups is 1. The third-order valence-corrected chi connectivity index (χ3v) is 5.21. The fourth-order valence-corrected chi connectivity index (χ4v) is 3.68. The lowest BCUT2D eigenvalue weighted by Gasteiger charge is -2.25. The molecule has 0 saturated carbocycles. The number of nitrogens with zero attached hydrogens (tertiary/aromatic N) is 3. The maximum atomic E-state index is 13.6. The Kier molecular flexibility index (Phi) is 6.66. The molecule has 0 aliphatic heterocycles. The number of nitrogens with one attached hydrogen (secondary N) is 1. The van der Waals surface area contributed by atoms with Gasteiger partial charge in [-0.2, -0.15) is 0 Å². The van der Waals surface area contributed by atoms with Crippen LogP contribution in [0.2, 0.25) is 0 Å². The highest BCUT2D eigenvalue weighted by Gasteiger charge is 2.22. The highest BCUT2D eigenvalue weighted by Crippen LogP contribution is 2.25. The van der Waals surface area contributed by atoms with Crippen LogP contribution in [0.15, 0.2) is 52.1 Å². The molecule has 152 valence electrons. The average molecular weight is 415 g/mol. The topological polar surface area (TPSA) is 71.3 Å². The summed E-state index contributed by atoms with van der Waals surface area (Å²) >= 11 is 1.37. The molecule has 1 atom stereocenters. The van der Waals surface area contributed by atoms with Crippen LogP contribution in [0.3, 0.4) is 0 Å². The first-order valence-corrected chi connectivity index (χ1v) is 10.3. The number of amides is 1. The summed E-state index contributed by atoms with van der Waals surface area (Å²) in [4.78, 5) is 23.8. The lowest BCUT2D eigenvalue weighted by Crippen LogP contribution is -2.35. The van der Waals surface area contributed by atoms with Crippen molar-refractivity contribution in [1.29, 1.82) is 0 Å². The zero-order chi connectivity index (χ0) is 21.0. The van der Waals surface area contributed by atoms with Crippen molar-refractivity contribution in [3.05, 3.63) is 65.3 Å². The molecule has 0 saturated heterocycles. The van der Waals surface area contributed by atoms with Crippen LogP contribution in [0, 0.1) is 12.7 Å². The van der Waals surface area contributed by atoms with Gasteiger partial charge in [0.05, 0.1) is 23.6 Å². The van der Waals surface area contributed by atoms with E-state index < -0.39 is 0 Å². The molecular weight excluding hydrogens is 391 g/mol. The molecule has 0 bridgehead atoms. The van der Waals surface area contributed by atoms with Gasteiger partial charge in [-0.1, -0.05) is 12.1 Å². The number of rotatable bonds is 7. The molecule has 3 aromatic rings. The minimum Gasteiger partial charge on any atom is -0.461 e. The number of furan rings is 1. The zero-order valence-electron chi connectivity index (χ0n) is 16.8. The number of likely N-dealkylation sites (N-methyl/N-ethyl adjacent to an activating group) is 1. The summed E-state index contributed by atoms with van der Waals surface area (Å²) in [6.45, 7) is 2.10. The maximum Gasteiger partial charge on any atom is 0.255 e. The van der Waals surface area contributed by atoms with Gasteiger partial charge in [0.2, 0.25) is 0 Å². The van der Waals surface area contributed by atoms with Gasteiger partial charge < -0.3 is 14.6 Å². The Hall–Kier alpha value is -2.71. The van der Waals surface area contributed by atoms with Crippen LogP contribution in [0.25, 0.3) is 11.6 Å². The zero-order valence-corrected chi connectivity index (χ0v) is 17.6. The van der Waals surface area contributed by atoms with Crippen LogP contribution >= 0.6 is 11.8 Å². The predicted molar refractivity (Wildman–Crippen MR) is 111 cm³/mol. The van der Waals surface area contributed by atoms with Gasteiger partial charge in [0.15, 0.2) is 11.6 Å². The smallest absolute Gasteiger partial charge is 0.255 e. The van der Waals surface area contributed by atoms with Gasteiger partial charge in [0, 0.05) is 6.54 Å². The van der Waals surface area contributed by atoms with Gasteiger partial charge >= 0.3 is 0 Å². The van der Waals surface area contributed by atoms with E-state index in [1.165, 1.54) is 23.9 Å². The van der Waals surface area contributed by atoms with Crippen molar-refractivity contribution in [3.8, 4) is 11.6 Å². The number of halogens is 1. The molecule has 6 nitrogen and oxygen atoms in total. The maximum absolute atomic E-state index is 13.6. The first-order chi connectivity index (χ1) is 13.9. The summed E-state index contributed by atoms with van der Waals surface area (Å²) in [7, 11) is 3.78. The van der Waals surface area contributed by atoms with Crippen LogP contribution in [0.1, 0.15) is 27.7 Å². The number of hydrogen-bond acceptors (Lipinski definition) is 6. The van der Waals surface area contributed by atoms with Gasteiger partial charge in [0.25, 0.3) is 5.91 Å². The van der Waals surface area contributed by atoms with E-state index in [0.29, 0.717) is 34.4 Å². The minimum atomic E-state index is -0.303. The Labute approximate surface area is 173 Å². The Morgan fingerprint density at radius 1 is 1.28 bits per heavy atom. The van der Waals surface area contributed by atoms with E-state index in [9.17, 15) is 9.18 Å². The molecule has 1 amide bonds. The van der Waals surface area contributed by atoms with Crippen LogP contribution in [-0.4, -0.2) is 47.7 Å². The van der Waals surface area contributed by atoms with Crippen molar-refractivity contribution >= 4 is 17.7 Å². The summed E-state index contributed by atoms with van der Waals surface area (Å²) in [6, 6.07) is 9.77. The molecule has 0 radical (unpaired) electrons. The number of aromatic nitrogens is 2. The quantitative estimate of drug-likeness (QED) is 0.466. The fraction of sp³-hybridized carbons (Fsp3) is 0.286. The summed E-state index contributed by atoms with van der Waals surface area (Å²) < 4.78 is 19.0. The van der Waals surface area contributed by atoms with Gasteiger partial charge in [0.1, 0.15) is 10.8 Å². The van der Waals surface area contributed by atoms with Crippen LogP contribution in [-0.2, 0) is 0 Å². The molecule has 0 aliphatic carbocycles. The number of thioether (sulfide) groups is 1. The molecule has 8 heteroatoms. The number of hydrogen-bond donors (Lipinski definition) is 1. The van der Waals surface area contributed by atoms with Crippen molar-refractivity contribution in [2.24, 2.45) is 0 Å². The molecule has 29 heavy (non-hydrogen) atoms. The Balaban J connectivity index is 1.82. The number of carbonyl (C=O) groups excluding carboxylic acids is 1. The van der Waals surface area contributed by atoms with Gasteiger partial charge in [-0.3, -0.25) is 4.79 Å². The lowest BCUT2D eigenvalue weighted by atomic mass is 10.1. The van der Waals surface area contributed by atoms with Crippen LogP contribution in [0.4, 0.5) is 4.39 Å². The Bertz CT molecular complexity index is 992. The highest BCUT2D eigenvalue weighted by atomic mass is 32.2. The lowest BCUT2D eigenvalue weighted by molar-refractivity contribution is 0.0937. The van der Waals surface area contributed by atoms with E-state index in [-0.39, 0.29) is 17.8 Å². The van der Waals surface area contributed by atoms with Crippen molar-refractivity contribution < 1.29 is 13.6 Å². The Morgan fingerprint density at radius 3 is 2.69 bits per heavy atom. The molecular formula is C21H23FN4O2S. The molecule has 2 heterocycles.